The summed E-state index contributed by atoms with van der Waals surface area (Å²) in [6.07, 6.45) is 1.04. The van der Waals surface area contributed by atoms with Crippen molar-refractivity contribution in [2.45, 2.75) is 32.8 Å². The van der Waals surface area contributed by atoms with Gasteiger partial charge in [-0.2, -0.15) is 0 Å². The molecule has 0 amide bonds. The van der Waals surface area contributed by atoms with Gasteiger partial charge in [-0.25, -0.2) is 0 Å². The van der Waals surface area contributed by atoms with Gasteiger partial charge in [-0.1, -0.05) is 25.4 Å². The van der Waals surface area contributed by atoms with Gasteiger partial charge in [-0.15, -0.1) is 0 Å². The largest absolute Gasteiger partial charge is 0.379 e. The fourth-order valence-corrected chi connectivity index (χ4v) is 0.981. The monoisotopic (exact) mass is 194 g/mol. The second-order valence-corrected chi connectivity index (χ2v) is 3.23. The molecule has 0 saturated carbocycles. The maximum absolute atomic E-state index is 5.93. The van der Waals surface area contributed by atoms with Crippen LogP contribution in [0.25, 0.3) is 0 Å². The fraction of sp³-hybridized carbons (Fsp3) is 1.00. The van der Waals surface area contributed by atoms with Crippen LogP contribution in [0.2, 0.25) is 0 Å². The molecule has 0 fully saturated rings. The summed E-state index contributed by atoms with van der Waals surface area (Å²) in [5, 5.41) is 0. The van der Waals surface area contributed by atoms with E-state index in [1.807, 2.05) is 6.92 Å². The molecule has 0 aromatic carbocycles. The molecule has 0 radical (unpaired) electrons. The molecule has 12 heavy (non-hydrogen) atoms. The third kappa shape index (κ3) is 5.81. The van der Waals surface area contributed by atoms with Gasteiger partial charge in [-0.05, 0) is 19.3 Å². The van der Waals surface area contributed by atoms with Crippen LogP contribution in [-0.2, 0) is 9.47 Å². The average molecular weight is 195 g/mol. The molecule has 0 aliphatic carbocycles. The zero-order valence-corrected chi connectivity index (χ0v) is 8.93. The normalized spacial score (nSPS) is 16.0. The molecular formula is C9H19ClO2. The Labute approximate surface area is 80.2 Å². The van der Waals surface area contributed by atoms with Crippen molar-refractivity contribution in [2.24, 2.45) is 5.92 Å². The molecule has 0 bridgehead atoms. The number of rotatable bonds is 7. The predicted molar refractivity (Wildman–Crippen MR) is 51.5 cm³/mol. The molecule has 0 N–H and O–H groups in total. The van der Waals surface area contributed by atoms with Gasteiger partial charge in [0.1, 0.15) is 5.56 Å². The minimum absolute atomic E-state index is 0.171. The van der Waals surface area contributed by atoms with Gasteiger partial charge in [0.25, 0.3) is 0 Å². The van der Waals surface area contributed by atoms with Gasteiger partial charge in [0.05, 0.1) is 13.2 Å². The number of ether oxygens (including phenoxy) is 2. The molecule has 3 heteroatoms. The summed E-state index contributed by atoms with van der Waals surface area (Å²) in [7, 11) is 0. The lowest BCUT2D eigenvalue weighted by Gasteiger charge is -2.16. The third-order valence-electron chi connectivity index (χ3n) is 1.80. The molecule has 0 heterocycles. The van der Waals surface area contributed by atoms with Crippen LogP contribution in [-0.4, -0.2) is 25.4 Å². The average Bonchev–Trinajstić information content (AvgIpc) is 2.10. The van der Waals surface area contributed by atoms with Crippen molar-refractivity contribution in [1.82, 2.24) is 0 Å². The minimum atomic E-state index is -0.171. The van der Waals surface area contributed by atoms with Crippen LogP contribution >= 0.6 is 11.6 Å². The van der Waals surface area contributed by atoms with E-state index in [-0.39, 0.29) is 5.56 Å². The lowest BCUT2D eigenvalue weighted by molar-refractivity contribution is 0.0209. The van der Waals surface area contributed by atoms with E-state index < -0.39 is 0 Å². The molecule has 0 aliphatic rings. The van der Waals surface area contributed by atoms with Gasteiger partial charge in [0, 0.05) is 6.61 Å². The first-order valence-electron chi connectivity index (χ1n) is 4.55. The topological polar surface area (TPSA) is 18.5 Å². The fourth-order valence-electron chi connectivity index (χ4n) is 0.714. The number of hydrogen-bond donors (Lipinski definition) is 0. The maximum atomic E-state index is 5.93. The van der Waals surface area contributed by atoms with Crippen LogP contribution in [0.5, 0.6) is 0 Å². The highest BCUT2D eigenvalue weighted by Gasteiger charge is 2.11. The van der Waals surface area contributed by atoms with E-state index in [1.54, 1.807) is 0 Å². The van der Waals surface area contributed by atoms with E-state index in [4.69, 9.17) is 21.1 Å². The van der Waals surface area contributed by atoms with Crippen molar-refractivity contribution in [3.05, 3.63) is 0 Å². The molecule has 2 unspecified atom stereocenters. The number of halogens is 1. The van der Waals surface area contributed by atoms with Gasteiger partial charge in [0.2, 0.25) is 0 Å². The van der Waals surface area contributed by atoms with E-state index >= 15 is 0 Å². The van der Waals surface area contributed by atoms with E-state index in [1.165, 1.54) is 0 Å². The van der Waals surface area contributed by atoms with E-state index in [0.717, 1.165) is 13.0 Å². The van der Waals surface area contributed by atoms with Gasteiger partial charge >= 0.3 is 0 Å². The van der Waals surface area contributed by atoms with Crippen molar-refractivity contribution in [3.8, 4) is 0 Å². The van der Waals surface area contributed by atoms with Crippen LogP contribution in [0.4, 0.5) is 0 Å². The van der Waals surface area contributed by atoms with Crippen molar-refractivity contribution in [2.75, 3.05) is 19.8 Å². The molecule has 0 spiro atoms. The summed E-state index contributed by atoms with van der Waals surface area (Å²) in [6.45, 7) is 8.11. The van der Waals surface area contributed by atoms with E-state index in [2.05, 4.69) is 13.8 Å². The third-order valence-corrected chi connectivity index (χ3v) is 2.36. The molecule has 74 valence electrons. The minimum Gasteiger partial charge on any atom is -0.379 e. The summed E-state index contributed by atoms with van der Waals surface area (Å²) in [5.41, 5.74) is -0.171. The Morgan fingerprint density at radius 3 is 2.42 bits per heavy atom. The smallest absolute Gasteiger partial charge is 0.133 e. The highest BCUT2D eigenvalue weighted by molar-refractivity contribution is 6.19. The molecule has 0 aromatic rings. The first-order chi connectivity index (χ1) is 5.72. The molecular weight excluding hydrogens is 176 g/mol. The zero-order chi connectivity index (χ0) is 9.40. The lowest BCUT2D eigenvalue weighted by atomic mass is 10.1. The van der Waals surface area contributed by atoms with Crippen molar-refractivity contribution in [1.29, 1.82) is 0 Å². The molecule has 0 saturated heterocycles. The van der Waals surface area contributed by atoms with Crippen molar-refractivity contribution >= 4 is 11.6 Å². The van der Waals surface area contributed by atoms with Crippen LogP contribution in [0.3, 0.4) is 0 Å². The summed E-state index contributed by atoms with van der Waals surface area (Å²) in [5.74, 6) is 0.410. The lowest BCUT2D eigenvalue weighted by Crippen LogP contribution is -2.17. The van der Waals surface area contributed by atoms with Crippen LogP contribution in [0, 0.1) is 5.92 Å². The second-order valence-electron chi connectivity index (χ2n) is 2.80. The SMILES string of the molecule is CCOCCOC(Cl)C(C)CC. The first kappa shape index (κ1) is 12.2. The molecule has 2 nitrogen and oxygen atoms in total. The summed E-state index contributed by atoms with van der Waals surface area (Å²) >= 11 is 5.93. The number of alkyl halides is 1. The molecule has 0 aromatic heterocycles. The van der Waals surface area contributed by atoms with Gasteiger partial charge in [-0.3, -0.25) is 0 Å². The van der Waals surface area contributed by atoms with Crippen LogP contribution in [0.15, 0.2) is 0 Å². The number of hydrogen-bond acceptors (Lipinski definition) is 2. The van der Waals surface area contributed by atoms with Gasteiger partial charge < -0.3 is 9.47 Å². The first-order valence-corrected chi connectivity index (χ1v) is 4.99. The Hall–Kier alpha value is 0.210. The Bertz CT molecular complexity index is 98.5. The van der Waals surface area contributed by atoms with E-state index in [0.29, 0.717) is 19.1 Å². The molecule has 0 rings (SSSR count). The van der Waals surface area contributed by atoms with E-state index in [9.17, 15) is 0 Å². The Morgan fingerprint density at radius 1 is 1.25 bits per heavy atom. The summed E-state index contributed by atoms with van der Waals surface area (Å²) in [4.78, 5) is 0. The van der Waals surface area contributed by atoms with Crippen LogP contribution in [0.1, 0.15) is 27.2 Å². The zero-order valence-electron chi connectivity index (χ0n) is 8.18. The second kappa shape index (κ2) is 7.84. The summed E-state index contributed by atoms with van der Waals surface area (Å²) in [6, 6.07) is 0. The Morgan fingerprint density at radius 2 is 1.92 bits per heavy atom. The Kier molecular flexibility index (Phi) is 7.98. The molecule has 0 aliphatic heterocycles. The maximum Gasteiger partial charge on any atom is 0.133 e. The van der Waals surface area contributed by atoms with Gasteiger partial charge in [0.15, 0.2) is 0 Å². The standard InChI is InChI=1S/C9H19ClO2/c1-4-8(3)9(10)12-7-6-11-5-2/h8-9H,4-7H2,1-3H3. The highest BCUT2D eigenvalue weighted by Crippen LogP contribution is 2.14. The predicted octanol–water partition coefficient (Wildman–Crippen LogP) is 2.65. The van der Waals surface area contributed by atoms with Crippen LogP contribution < -0.4 is 0 Å². The Balaban J connectivity index is 3.24. The summed E-state index contributed by atoms with van der Waals surface area (Å²) < 4.78 is 10.5. The van der Waals surface area contributed by atoms with Crippen molar-refractivity contribution < 1.29 is 9.47 Å². The quantitative estimate of drug-likeness (QED) is 0.458. The van der Waals surface area contributed by atoms with Crippen molar-refractivity contribution in [3.63, 3.8) is 0 Å². The molecule has 2 atom stereocenters. The highest BCUT2D eigenvalue weighted by atomic mass is 35.5.